The van der Waals surface area contributed by atoms with Gasteiger partial charge >= 0.3 is 0 Å². The van der Waals surface area contributed by atoms with Gasteiger partial charge in [-0.25, -0.2) is 0 Å². The topological polar surface area (TPSA) is 58.6 Å². The van der Waals surface area contributed by atoms with Gasteiger partial charge in [0.2, 0.25) is 11.8 Å². The second-order valence-electron chi connectivity index (χ2n) is 6.30. The fourth-order valence-corrected chi connectivity index (χ4v) is 3.11. The number of anilines is 1. The molecule has 3 rings (SSSR count). The van der Waals surface area contributed by atoms with Gasteiger partial charge in [0, 0.05) is 13.0 Å². The van der Waals surface area contributed by atoms with E-state index in [1.807, 2.05) is 61.5 Å². The summed E-state index contributed by atoms with van der Waals surface area (Å²) in [5, 5.41) is 2.97. The molecule has 0 bridgehead atoms. The quantitative estimate of drug-likeness (QED) is 0.896. The Labute approximate surface area is 154 Å². The van der Waals surface area contributed by atoms with Crippen LogP contribution in [0.3, 0.4) is 0 Å². The predicted octanol–water partition coefficient (Wildman–Crippen LogP) is 3.46. The van der Waals surface area contributed by atoms with E-state index < -0.39 is 0 Å². The van der Waals surface area contributed by atoms with Crippen LogP contribution in [0.5, 0.6) is 5.75 Å². The summed E-state index contributed by atoms with van der Waals surface area (Å²) >= 11 is 0. The number of carbonyl (C=O) groups excluding carboxylic acids is 2. The first kappa shape index (κ1) is 18.0. The van der Waals surface area contributed by atoms with Crippen molar-refractivity contribution in [3.05, 3.63) is 60.2 Å². The highest BCUT2D eigenvalue weighted by atomic mass is 16.5. The molecular weight excluding hydrogens is 328 g/mol. The number of hydrogen-bond acceptors (Lipinski definition) is 3. The van der Waals surface area contributed by atoms with Gasteiger partial charge in [0.1, 0.15) is 5.75 Å². The summed E-state index contributed by atoms with van der Waals surface area (Å²) in [7, 11) is 0. The molecule has 1 atom stereocenters. The highest BCUT2D eigenvalue weighted by molar-refractivity contribution is 5.95. The largest absolute Gasteiger partial charge is 0.491 e. The first-order valence-electron chi connectivity index (χ1n) is 9.05. The Morgan fingerprint density at radius 2 is 1.85 bits per heavy atom. The van der Waals surface area contributed by atoms with Crippen LogP contribution < -0.4 is 15.0 Å². The SMILES string of the molecule is CCC(=O)NC(CC(=O)N1CCCOc2ccccc21)c1ccccc1. The van der Waals surface area contributed by atoms with Crippen molar-refractivity contribution in [1.82, 2.24) is 5.32 Å². The molecule has 0 radical (unpaired) electrons. The molecule has 0 aliphatic carbocycles. The van der Waals surface area contributed by atoms with Crippen LogP contribution in [0, 0.1) is 0 Å². The lowest BCUT2D eigenvalue weighted by Crippen LogP contribution is -2.36. The maximum atomic E-state index is 13.1. The van der Waals surface area contributed by atoms with Crippen LogP contribution in [-0.2, 0) is 9.59 Å². The minimum Gasteiger partial charge on any atom is -0.491 e. The zero-order chi connectivity index (χ0) is 18.4. The number of amides is 2. The molecule has 0 fully saturated rings. The van der Waals surface area contributed by atoms with Crippen molar-refractivity contribution >= 4 is 17.5 Å². The summed E-state index contributed by atoms with van der Waals surface area (Å²) in [6.07, 6.45) is 1.37. The third kappa shape index (κ3) is 4.23. The lowest BCUT2D eigenvalue weighted by atomic mass is 10.0. The molecule has 1 unspecified atom stereocenters. The highest BCUT2D eigenvalue weighted by Crippen LogP contribution is 2.32. The van der Waals surface area contributed by atoms with E-state index in [0.717, 1.165) is 23.4 Å². The summed E-state index contributed by atoms with van der Waals surface area (Å²) in [6.45, 7) is 3.01. The van der Waals surface area contributed by atoms with Gasteiger partial charge in [-0.1, -0.05) is 49.4 Å². The second-order valence-corrected chi connectivity index (χ2v) is 6.30. The molecule has 26 heavy (non-hydrogen) atoms. The third-order valence-electron chi connectivity index (χ3n) is 4.48. The molecule has 2 aromatic rings. The molecule has 5 heteroatoms. The third-order valence-corrected chi connectivity index (χ3v) is 4.48. The zero-order valence-electron chi connectivity index (χ0n) is 15.0. The van der Waals surface area contributed by atoms with Gasteiger partial charge in [0.25, 0.3) is 0 Å². The molecule has 2 aromatic carbocycles. The van der Waals surface area contributed by atoms with Gasteiger partial charge in [-0.2, -0.15) is 0 Å². The van der Waals surface area contributed by atoms with E-state index >= 15 is 0 Å². The first-order chi connectivity index (χ1) is 12.7. The number of nitrogens with one attached hydrogen (secondary N) is 1. The van der Waals surface area contributed by atoms with Gasteiger partial charge in [0.15, 0.2) is 0 Å². The molecule has 0 saturated carbocycles. The number of hydrogen-bond donors (Lipinski definition) is 1. The summed E-state index contributed by atoms with van der Waals surface area (Å²) in [6, 6.07) is 16.9. The summed E-state index contributed by atoms with van der Waals surface area (Å²) in [4.78, 5) is 26.8. The maximum absolute atomic E-state index is 13.1. The number of rotatable bonds is 5. The van der Waals surface area contributed by atoms with E-state index in [9.17, 15) is 9.59 Å². The zero-order valence-corrected chi connectivity index (χ0v) is 15.0. The number of para-hydroxylation sites is 2. The lowest BCUT2D eigenvalue weighted by Gasteiger charge is -2.25. The van der Waals surface area contributed by atoms with Gasteiger partial charge < -0.3 is 15.0 Å². The molecule has 1 aliphatic rings. The van der Waals surface area contributed by atoms with Crippen LogP contribution in [0.1, 0.15) is 37.8 Å². The minimum atomic E-state index is -0.340. The van der Waals surface area contributed by atoms with Crippen molar-refractivity contribution < 1.29 is 14.3 Å². The van der Waals surface area contributed by atoms with Crippen molar-refractivity contribution in [3.8, 4) is 5.75 Å². The predicted molar refractivity (Wildman–Crippen MR) is 101 cm³/mol. The summed E-state index contributed by atoms with van der Waals surface area (Å²) in [5.74, 6) is 0.645. The molecule has 1 N–H and O–H groups in total. The van der Waals surface area contributed by atoms with Gasteiger partial charge in [-0.3, -0.25) is 9.59 Å². The van der Waals surface area contributed by atoms with E-state index in [2.05, 4.69) is 5.32 Å². The normalized spacial score (nSPS) is 14.6. The Morgan fingerprint density at radius 3 is 2.62 bits per heavy atom. The number of nitrogens with zero attached hydrogens (tertiary/aromatic N) is 1. The second kappa shape index (κ2) is 8.52. The minimum absolute atomic E-state index is 0.0202. The van der Waals surface area contributed by atoms with Gasteiger partial charge in [0.05, 0.1) is 24.8 Å². The average Bonchev–Trinajstić information content (AvgIpc) is 2.90. The molecule has 0 spiro atoms. The van der Waals surface area contributed by atoms with Crippen LogP contribution in [0.4, 0.5) is 5.69 Å². The van der Waals surface area contributed by atoms with Crippen molar-refractivity contribution in [3.63, 3.8) is 0 Å². The van der Waals surface area contributed by atoms with E-state index in [1.54, 1.807) is 4.90 Å². The van der Waals surface area contributed by atoms with Crippen LogP contribution in [0.2, 0.25) is 0 Å². The van der Waals surface area contributed by atoms with Crippen LogP contribution in [-0.4, -0.2) is 25.0 Å². The van der Waals surface area contributed by atoms with Crippen LogP contribution in [0.15, 0.2) is 54.6 Å². The average molecular weight is 352 g/mol. The van der Waals surface area contributed by atoms with Gasteiger partial charge in [-0.05, 0) is 24.1 Å². The molecule has 0 saturated heterocycles. The molecule has 1 aliphatic heterocycles. The Morgan fingerprint density at radius 1 is 1.12 bits per heavy atom. The molecule has 136 valence electrons. The molecule has 0 aromatic heterocycles. The fourth-order valence-electron chi connectivity index (χ4n) is 3.11. The van der Waals surface area contributed by atoms with E-state index in [0.29, 0.717) is 19.6 Å². The number of fused-ring (bicyclic) bond motifs is 1. The van der Waals surface area contributed by atoms with Crippen molar-refractivity contribution in [2.75, 3.05) is 18.1 Å². The molecular formula is C21H24N2O3. The highest BCUT2D eigenvalue weighted by Gasteiger charge is 2.25. The smallest absolute Gasteiger partial charge is 0.229 e. The Balaban J connectivity index is 1.82. The standard InChI is InChI=1S/C21H24N2O3/c1-2-20(24)22-17(16-9-4-3-5-10-16)15-21(25)23-13-8-14-26-19-12-7-6-11-18(19)23/h3-7,9-12,17H,2,8,13-15H2,1H3,(H,22,24). The number of carbonyl (C=O) groups is 2. The van der Waals surface area contributed by atoms with E-state index in [-0.39, 0.29) is 24.3 Å². The summed E-state index contributed by atoms with van der Waals surface area (Å²) in [5.41, 5.74) is 1.73. The number of benzene rings is 2. The monoisotopic (exact) mass is 352 g/mol. The van der Waals surface area contributed by atoms with Crippen molar-refractivity contribution in [1.29, 1.82) is 0 Å². The number of ether oxygens (including phenoxy) is 1. The molecule has 5 nitrogen and oxygen atoms in total. The molecule has 2 amide bonds. The van der Waals surface area contributed by atoms with E-state index in [1.165, 1.54) is 0 Å². The Hall–Kier alpha value is -2.82. The fraction of sp³-hybridized carbons (Fsp3) is 0.333. The van der Waals surface area contributed by atoms with Crippen molar-refractivity contribution in [2.45, 2.75) is 32.2 Å². The molecule has 1 heterocycles. The van der Waals surface area contributed by atoms with E-state index in [4.69, 9.17) is 4.74 Å². The van der Waals surface area contributed by atoms with Crippen LogP contribution in [0.25, 0.3) is 0 Å². The van der Waals surface area contributed by atoms with Crippen molar-refractivity contribution in [2.24, 2.45) is 0 Å². The summed E-state index contributed by atoms with van der Waals surface area (Å²) < 4.78 is 5.74. The van der Waals surface area contributed by atoms with Crippen LogP contribution >= 0.6 is 0 Å². The first-order valence-corrected chi connectivity index (χ1v) is 9.05. The van der Waals surface area contributed by atoms with Gasteiger partial charge in [-0.15, -0.1) is 0 Å². The lowest BCUT2D eigenvalue weighted by molar-refractivity contribution is -0.122. The Kier molecular flexibility index (Phi) is 5.89. The Bertz CT molecular complexity index is 761. The maximum Gasteiger partial charge on any atom is 0.229 e.